The Labute approximate surface area is 290 Å². The Morgan fingerprint density at radius 2 is 0.700 bits per heavy atom. The highest BCUT2D eigenvalue weighted by Gasteiger charge is 2.20. The highest BCUT2D eigenvalue weighted by atomic mass is 14.9. The van der Waals surface area contributed by atoms with Crippen molar-refractivity contribution >= 4 is 21.7 Å². The molecular weight excluding hydrogens is 609 g/mol. The molecule has 0 atom stereocenters. The van der Waals surface area contributed by atoms with Crippen molar-refractivity contribution < 1.29 is 0 Å². The first-order chi connectivity index (χ1) is 24.8. The summed E-state index contributed by atoms with van der Waals surface area (Å²) in [4.78, 5) is 21.3. The molecule has 9 rings (SSSR count). The van der Waals surface area contributed by atoms with Crippen LogP contribution in [0.2, 0.25) is 0 Å². The van der Waals surface area contributed by atoms with Crippen molar-refractivity contribution in [1.29, 1.82) is 0 Å². The highest BCUT2D eigenvalue weighted by molar-refractivity contribution is 6.09. The fourth-order valence-corrected chi connectivity index (χ4v) is 6.64. The van der Waals surface area contributed by atoms with Gasteiger partial charge in [-0.2, -0.15) is 0 Å². The Hall–Kier alpha value is -6.78. The summed E-state index contributed by atoms with van der Waals surface area (Å²) in [6.07, 6.45) is 0. The molecule has 9 aromatic rings. The lowest BCUT2D eigenvalue weighted by molar-refractivity contribution is 1.21. The summed E-state index contributed by atoms with van der Waals surface area (Å²) >= 11 is 0. The smallest absolute Gasteiger partial charge is 0.160 e. The first kappa shape index (κ1) is 29.4. The van der Waals surface area contributed by atoms with Crippen molar-refractivity contribution in [3.05, 3.63) is 182 Å². The van der Waals surface area contributed by atoms with Crippen molar-refractivity contribution in [3.63, 3.8) is 0 Å². The molecule has 234 valence electrons. The van der Waals surface area contributed by atoms with E-state index in [0.717, 1.165) is 83.5 Å². The van der Waals surface area contributed by atoms with Gasteiger partial charge in [-0.3, -0.25) is 0 Å². The SMILES string of the molecule is c1ccc(-c2nc(-c3ccccc3)c(-c3cccc(-c4nc(-c5ccccc5)c5ccc6ccccc6c5n4)c3)nc2-c2ccccc2)cc1. The molecule has 2 aromatic heterocycles. The minimum atomic E-state index is 0.660. The maximum Gasteiger partial charge on any atom is 0.160 e. The first-order valence-corrected chi connectivity index (χ1v) is 16.7. The Kier molecular flexibility index (Phi) is 7.45. The molecule has 0 amide bonds. The number of nitrogens with zero attached hydrogens (tertiary/aromatic N) is 4. The van der Waals surface area contributed by atoms with Crippen LogP contribution in [0.1, 0.15) is 0 Å². The van der Waals surface area contributed by atoms with Gasteiger partial charge in [-0.25, -0.2) is 19.9 Å². The van der Waals surface area contributed by atoms with Crippen molar-refractivity contribution in [1.82, 2.24) is 19.9 Å². The molecule has 0 bridgehead atoms. The molecule has 4 heteroatoms. The van der Waals surface area contributed by atoms with Gasteiger partial charge < -0.3 is 0 Å². The molecule has 0 saturated carbocycles. The molecule has 4 nitrogen and oxygen atoms in total. The van der Waals surface area contributed by atoms with E-state index >= 15 is 0 Å². The second-order valence-electron chi connectivity index (χ2n) is 12.2. The molecular formula is C46H30N4. The lowest BCUT2D eigenvalue weighted by Gasteiger charge is -2.16. The van der Waals surface area contributed by atoms with Gasteiger partial charge in [0, 0.05) is 44.2 Å². The lowest BCUT2D eigenvalue weighted by atomic mass is 9.98. The number of rotatable bonds is 6. The third kappa shape index (κ3) is 5.39. The van der Waals surface area contributed by atoms with Crippen LogP contribution >= 0.6 is 0 Å². The van der Waals surface area contributed by atoms with E-state index in [-0.39, 0.29) is 0 Å². The van der Waals surface area contributed by atoms with E-state index in [1.807, 2.05) is 60.7 Å². The molecule has 7 aromatic carbocycles. The number of hydrogen-bond acceptors (Lipinski definition) is 4. The van der Waals surface area contributed by atoms with E-state index in [1.54, 1.807) is 0 Å². The van der Waals surface area contributed by atoms with Crippen molar-refractivity contribution in [2.75, 3.05) is 0 Å². The quantitative estimate of drug-likeness (QED) is 0.170. The average Bonchev–Trinajstić information content (AvgIpc) is 3.21. The van der Waals surface area contributed by atoms with Crippen LogP contribution < -0.4 is 0 Å². The number of fused-ring (bicyclic) bond motifs is 3. The Morgan fingerprint density at radius 3 is 1.26 bits per heavy atom. The van der Waals surface area contributed by atoms with Gasteiger partial charge in [0.1, 0.15) is 0 Å². The second-order valence-corrected chi connectivity index (χ2v) is 12.2. The Morgan fingerprint density at radius 1 is 0.260 bits per heavy atom. The molecule has 0 saturated heterocycles. The molecule has 2 heterocycles. The third-order valence-corrected chi connectivity index (χ3v) is 9.07. The van der Waals surface area contributed by atoms with Crippen LogP contribution in [0.15, 0.2) is 182 Å². The molecule has 0 fully saturated rings. The zero-order valence-corrected chi connectivity index (χ0v) is 27.1. The highest BCUT2D eigenvalue weighted by Crippen LogP contribution is 2.39. The second kappa shape index (κ2) is 12.7. The van der Waals surface area contributed by atoms with Crippen LogP contribution in [0.4, 0.5) is 0 Å². The Balaban J connectivity index is 1.29. The van der Waals surface area contributed by atoms with Gasteiger partial charge in [0.15, 0.2) is 5.82 Å². The Bertz CT molecular complexity index is 2620. The van der Waals surface area contributed by atoms with Gasteiger partial charge in [0.25, 0.3) is 0 Å². The van der Waals surface area contributed by atoms with E-state index < -0.39 is 0 Å². The van der Waals surface area contributed by atoms with Crippen LogP contribution in [-0.4, -0.2) is 19.9 Å². The fraction of sp³-hybridized carbons (Fsp3) is 0. The van der Waals surface area contributed by atoms with Crippen molar-refractivity contribution in [2.45, 2.75) is 0 Å². The topological polar surface area (TPSA) is 51.6 Å². The van der Waals surface area contributed by atoms with Gasteiger partial charge in [0.05, 0.1) is 34.0 Å². The summed E-state index contributed by atoms with van der Waals surface area (Å²) in [7, 11) is 0. The van der Waals surface area contributed by atoms with Crippen LogP contribution in [-0.2, 0) is 0 Å². The molecule has 0 unspecified atom stereocenters. The molecule has 50 heavy (non-hydrogen) atoms. The van der Waals surface area contributed by atoms with Gasteiger partial charge >= 0.3 is 0 Å². The minimum absolute atomic E-state index is 0.660. The summed E-state index contributed by atoms with van der Waals surface area (Å²) < 4.78 is 0. The lowest BCUT2D eigenvalue weighted by Crippen LogP contribution is -2.01. The molecule has 0 aliphatic rings. The molecule has 0 radical (unpaired) electrons. The largest absolute Gasteiger partial charge is 0.243 e. The van der Waals surface area contributed by atoms with E-state index in [1.165, 1.54) is 0 Å². The first-order valence-electron chi connectivity index (χ1n) is 16.7. The van der Waals surface area contributed by atoms with Crippen molar-refractivity contribution in [2.24, 2.45) is 0 Å². The van der Waals surface area contributed by atoms with Crippen LogP contribution in [0, 0.1) is 0 Å². The van der Waals surface area contributed by atoms with Crippen molar-refractivity contribution in [3.8, 4) is 67.7 Å². The van der Waals surface area contributed by atoms with E-state index in [2.05, 4.69) is 121 Å². The van der Waals surface area contributed by atoms with Gasteiger partial charge in [-0.1, -0.05) is 170 Å². The average molecular weight is 639 g/mol. The predicted molar refractivity (Wildman–Crippen MR) is 205 cm³/mol. The molecule has 0 spiro atoms. The number of hydrogen-bond donors (Lipinski definition) is 0. The fourth-order valence-electron chi connectivity index (χ4n) is 6.64. The number of benzene rings is 7. The van der Waals surface area contributed by atoms with E-state index in [0.29, 0.717) is 5.82 Å². The van der Waals surface area contributed by atoms with Gasteiger partial charge in [-0.05, 0) is 17.5 Å². The van der Waals surface area contributed by atoms with Gasteiger partial charge in [0.2, 0.25) is 0 Å². The summed E-state index contributed by atoms with van der Waals surface area (Å²) in [6.45, 7) is 0. The summed E-state index contributed by atoms with van der Waals surface area (Å²) in [6, 6.07) is 62.4. The normalized spacial score (nSPS) is 11.2. The summed E-state index contributed by atoms with van der Waals surface area (Å²) in [5.74, 6) is 0.660. The monoisotopic (exact) mass is 638 g/mol. The third-order valence-electron chi connectivity index (χ3n) is 9.07. The number of aromatic nitrogens is 4. The predicted octanol–water partition coefficient (Wildman–Crippen LogP) is 11.6. The van der Waals surface area contributed by atoms with Crippen LogP contribution in [0.25, 0.3) is 89.4 Å². The van der Waals surface area contributed by atoms with E-state index in [9.17, 15) is 0 Å². The van der Waals surface area contributed by atoms with Crippen LogP contribution in [0.5, 0.6) is 0 Å². The zero-order chi connectivity index (χ0) is 33.3. The van der Waals surface area contributed by atoms with E-state index in [4.69, 9.17) is 19.9 Å². The van der Waals surface area contributed by atoms with Crippen LogP contribution in [0.3, 0.4) is 0 Å². The zero-order valence-electron chi connectivity index (χ0n) is 27.1. The maximum absolute atomic E-state index is 5.45. The van der Waals surface area contributed by atoms with Gasteiger partial charge in [-0.15, -0.1) is 0 Å². The molecule has 0 aliphatic carbocycles. The maximum atomic E-state index is 5.45. The standard InChI is InChI=1S/C46H30N4/c1-5-17-32(18-6-1)40-39-29-28-31-16-13-14-27-38(31)45(39)50-46(49-40)37-26-15-25-36(30-37)44-43(35-23-11-4-12-24-35)47-41(33-19-7-2-8-20-33)42(48-44)34-21-9-3-10-22-34/h1-30H. The summed E-state index contributed by atoms with van der Waals surface area (Å²) in [5.41, 5.74) is 11.0. The molecule has 0 aliphatic heterocycles. The molecule has 0 N–H and O–H groups in total. The summed E-state index contributed by atoms with van der Waals surface area (Å²) in [5, 5.41) is 3.27. The minimum Gasteiger partial charge on any atom is -0.243 e.